The summed E-state index contributed by atoms with van der Waals surface area (Å²) in [7, 11) is 1.90. The Morgan fingerprint density at radius 1 is 1.35 bits per heavy atom. The topological polar surface area (TPSA) is 68.5 Å². The van der Waals surface area contributed by atoms with Gasteiger partial charge in [-0.1, -0.05) is 0 Å². The molecule has 3 rings (SSSR count). The molecule has 0 saturated heterocycles. The van der Waals surface area contributed by atoms with E-state index in [-0.39, 0.29) is 12.5 Å². The molecule has 0 fully saturated rings. The number of phenols is 1. The van der Waals surface area contributed by atoms with Gasteiger partial charge in [0.2, 0.25) is 6.79 Å². The maximum absolute atomic E-state index is 9.90. The standard InChI is InChI=1S/C14H17N3O3/c1-17-5-3-11(16-17)2-4-15-8-10-6-13-14(7-12(10)18)20-9-19-13/h3,5-7,15,18H,2,4,8-9H2,1H3. The monoisotopic (exact) mass is 275 g/mol. The number of hydrogen-bond donors (Lipinski definition) is 2. The number of phenolic OH excluding ortho intramolecular Hbond substituents is 1. The first-order valence-corrected chi connectivity index (χ1v) is 6.53. The molecule has 1 aliphatic heterocycles. The van der Waals surface area contributed by atoms with Gasteiger partial charge in [-0.05, 0) is 12.1 Å². The highest BCUT2D eigenvalue weighted by atomic mass is 16.7. The Kier molecular flexibility index (Phi) is 3.47. The summed E-state index contributed by atoms with van der Waals surface area (Å²) in [4.78, 5) is 0. The smallest absolute Gasteiger partial charge is 0.231 e. The van der Waals surface area contributed by atoms with Gasteiger partial charge in [-0.2, -0.15) is 5.10 Å². The van der Waals surface area contributed by atoms with E-state index in [4.69, 9.17) is 9.47 Å². The molecule has 2 heterocycles. The minimum absolute atomic E-state index is 0.214. The largest absolute Gasteiger partial charge is 0.507 e. The van der Waals surface area contributed by atoms with Gasteiger partial charge in [0.1, 0.15) is 5.75 Å². The van der Waals surface area contributed by atoms with Gasteiger partial charge in [-0.15, -0.1) is 0 Å². The van der Waals surface area contributed by atoms with Crippen molar-refractivity contribution in [1.29, 1.82) is 0 Å². The van der Waals surface area contributed by atoms with Gasteiger partial charge in [-0.25, -0.2) is 0 Å². The first kappa shape index (κ1) is 12.8. The van der Waals surface area contributed by atoms with Gasteiger partial charge in [0.15, 0.2) is 11.5 Å². The number of rotatable bonds is 5. The van der Waals surface area contributed by atoms with Gasteiger partial charge in [0.25, 0.3) is 0 Å². The van der Waals surface area contributed by atoms with E-state index in [2.05, 4.69) is 10.4 Å². The summed E-state index contributed by atoms with van der Waals surface area (Å²) in [6.45, 7) is 1.59. The molecule has 0 aliphatic carbocycles. The molecule has 20 heavy (non-hydrogen) atoms. The fourth-order valence-electron chi connectivity index (χ4n) is 2.15. The van der Waals surface area contributed by atoms with Crippen LogP contribution in [0.1, 0.15) is 11.3 Å². The summed E-state index contributed by atoms with van der Waals surface area (Å²) in [6.07, 6.45) is 2.78. The van der Waals surface area contributed by atoms with Gasteiger partial charge >= 0.3 is 0 Å². The van der Waals surface area contributed by atoms with Crippen molar-refractivity contribution in [3.05, 3.63) is 35.7 Å². The molecule has 0 unspecified atom stereocenters. The van der Waals surface area contributed by atoms with Crippen LogP contribution in [0.2, 0.25) is 0 Å². The lowest BCUT2D eigenvalue weighted by Gasteiger charge is -2.07. The van der Waals surface area contributed by atoms with E-state index in [9.17, 15) is 5.11 Å². The molecule has 1 aromatic carbocycles. The van der Waals surface area contributed by atoms with E-state index in [1.54, 1.807) is 10.7 Å². The summed E-state index contributed by atoms with van der Waals surface area (Å²) < 4.78 is 12.3. The van der Waals surface area contributed by atoms with Gasteiger partial charge in [-0.3, -0.25) is 4.68 Å². The number of benzene rings is 1. The Labute approximate surface area is 116 Å². The summed E-state index contributed by atoms with van der Waals surface area (Å²) in [6, 6.07) is 5.41. The Morgan fingerprint density at radius 3 is 2.90 bits per heavy atom. The highest BCUT2D eigenvalue weighted by molar-refractivity contribution is 5.51. The van der Waals surface area contributed by atoms with Crippen molar-refractivity contribution in [2.24, 2.45) is 7.05 Å². The zero-order chi connectivity index (χ0) is 13.9. The van der Waals surface area contributed by atoms with E-state index in [1.165, 1.54) is 0 Å². The fourth-order valence-corrected chi connectivity index (χ4v) is 2.15. The lowest BCUT2D eigenvalue weighted by Crippen LogP contribution is -2.17. The lowest BCUT2D eigenvalue weighted by molar-refractivity contribution is 0.174. The Morgan fingerprint density at radius 2 is 2.15 bits per heavy atom. The van der Waals surface area contributed by atoms with Crippen LogP contribution in [0, 0.1) is 0 Å². The van der Waals surface area contributed by atoms with Crippen LogP contribution in [0.4, 0.5) is 0 Å². The van der Waals surface area contributed by atoms with Crippen molar-refractivity contribution in [3.8, 4) is 17.2 Å². The second-order valence-corrected chi connectivity index (χ2v) is 4.74. The van der Waals surface area contributed by atoms with E-state index < -0.39 is 0 Å². The van der Waals surface area contributed by atoms with Crippen LogP contribution in [0.3, 0.4) is 0 Å². The molecule has 1 aromatic heterocycles. The maximum atomic E-state index is 9.90. The van der Waals surface area contributed by atoms with Gasteiger partial charge in [0.05, 0.1) is 5.69 Å². The van der Waals surface area contributed by atoms with Crippen molar-refractivity contribution < 1.29 is 14.6 Å². The number of nitrogens with one attached hydrogen (secondary N) is 1. The fraction of sp³-hybridized carbons (Fsp3) is 0.357. The van der Waals surface area contributed by atoms with Crippen LogP contribution >= 0.6 is 0 Å². The normalized spacial score (nSPS) is 12.8. The summed E-state index contributed by atoms with van der Waals surface area (Å²) in [5, 5.41) is 17.5. The van der Waals surface area contributed by atoms with Crippen molar-refractivity contribution in [2.45, 2.75) is 13.0 Å². The molecule has 0 atom stereocenters. The third-order valence-electron chi connectivity index (χ3n) is 3.22. The number of fused-ring (bicyclic) bond motifs is 1. The highest BCUT2D eigenvalue weighted by Crippen LogP contribution is 2.37. The second-order valence-electron chi connectivity index (χ2n) is 4.74. The zero-order valence-electron chi connectivity index (χ0n) is 11.3. The molecule has 1 aliphatic rings. The van der Waals surface area contributed by atoms with Crippen molar-refractivity contribution in [3.63, 3.8) is 0 Å². The average Bonchev–Trinajstić information content (AvgIpc) is 3.03. The van der Waals surface area contributed by atoms with Crippen LogP contribution in [0.5, 0.6) is 17.2 Å². The zero-order valence-corrected chi connectivity index (χ0v) is 11.3. The first-order chi connectivity index (χ1) is 9.72. The van der Waals surface area contributed by atoms with E-state index in [0.29, 0.717) is 18.0 Å². The molecule has 6 nitrogen and oxygen atoms in total. The third-order valence-corrected chi connectivity index (χ3v) is 3.22. The van der Waals surface area contributed by atoms with Crippen molar-refractivity contribution >= 4 is 0 Å². The molecular weight excluding hydrogens is 258 g/mol. The molecule has 0 amide bonds. The minimum Gasteiger partial charge on any atom is -0.507 e. The van der Waals surface area contributed by atoms with E-state index in [1.807, 2.05) is 25.4 Å². The molecule has 0 bridgehead atoms. The van der Waals surface area contributed by atoms with Crippen LogP contribution in [0.15, 0.2) is 24.4 Å². The average molecular weight is 275 g/mol. The molecule has 2 aromatic rings. The number of aromatic hydroxyl groups is 1. The van der Waals surface area contributed by atoms with Crippen LogP contribution < -0.4 is 14.8 Å². The van der Waals surface area contributed by atoms with Crippen LogP contribution in [-0.2, 0) is 20.0 Å². The number of ether oxygens (including phenoxy) is 2. The summed E-state index contributed by atoms with van der Waals surface area (Å²) >= 11 is 0. The second kappa shape index (κ2) is 5.42. The van der Waals surface area contributed by atoms with Crippen LogP contribution in [-0.4, -0.2) is 28.2 Å². The van der Waals surface area contributed by atoms with Crippen molar-refractivity contribution in [1.82, 2.24) is 15.1 Å². The SMILES string of the molecule is Cn1ccc(CCNCc2cc3c(cc2O)OCO3)n1. The summed E-state index contributed by atoms with van der Waals surface area (Å²) in [5.74, 6) is 1.50. The van der Waals surface area contributed by atoms with E-state index >= 15 is 0 Å². The first-order valence-electron chi connectivity index (χ1n) is 6.53. The maximum Gasteiger partial charge on any atom is 0.231 e. The van der Waals surface area contributed by atoms with Crippen molar-refractivity contribution in [2.75, 3.05) is 13.3 Å². The number of aryl methyl sites for hydroxylation is 1. The molecule has 0 saturated carbocycles. The highest BCUT2D eigenvalue weighted by Gasteiger charge is 2.16. The predicted octanol–water partition coefficient (Wildman–Crippen LogP) is 1.19. The van der Waals surface area contributed by atoms with Gasteiger partial charge in [0, 0.05) is 44.4 Å². The Bertz CT molecular complexity index is 610. The molecule has 2 N–H and O–H groups in total. The number of aromatic nitrogens is 2. The number of hydrogen-bond acceptors (Lipinski definition) is 5. The quantitative estimate of drug-likeness (QED) is 0.802. The molecule has 0 spiro atoms. The van der Waals surface area contributed by atoms with E-state index in [0.717, 1.165) is 24.2 Å². The summed E-state index contributed by atoms with van der Waals surface area (Å²) in [5.41, 5.74) is 1.85. The lowest BCUT2D eigenvalue weighted by atomic mass is 10.1. The Balaban J connectivity index is 1.53. The van der Waals surface area contributed by atoms with Gasteiger partial charge < -0.3 is 19.9 Å². The molecule has 6 heteroatoms. The Hall–Kier alpha value is -2.21. The molecule has 106 valence electrons. The third kappa shape index (κ3) is 2.70. The number of nitrogens with zero attached hydrogens (tertiary/aromatic N) is 2. The predicted molar refractivity (Wildman–Crippen MR) is 72.8 cm³/mol. The van der Waals surface area contributed by atoms with Crippen LogP contribution in [0.25, 0.3) is 0 Å². The minimum atomic E-state index is 0.214. The molecular formula is C14H17N3O3. The molecule has 0 radical (unpaired) electrons.